The lowest BCUT2D eigenvalue weighted by atomic mass is 9.89. The summed E-state index contributed by atoms with van der Waals surface area (Å²) in [6.07, 6.45) is 3.51. The van der Waals surface area contributed by atoms with Crippen LogP contribution in [0.2, 0.25) is 0 Å². The van der Waals surface area contributed by atoms with Crippen molar-refractivity contribution in [3.8, 4) is 0 Å². The van der Waals surface area contributed by atoms with Crippen LogP contribution in [-0.4, -0.2) is 48.2 Å². The summed E-state index contributed by atoms with van der Waals surface area (Å²) in [4.78, 5) is 14.2. The number of nitrogens with one attached hydrogen (secondary N) is 1. The Morgan fingerprint density at radius 3 is 2.56 bits per heavy atom. The normalized spacial score (nSPS) is 18.9. The van der Waals surface area contributed by atoms with Crippen LogP contribution < -0.4 is 5.32 Å². The highest BCUT2D eigenvalue weighted by atomic mass is 16.3. The van der Waals surface area contributed by atoms with E-state index >= 15 is 0 Å². The number of piperidine rings is 1. The predicted molar refractivity (Wildman–Crippen MR) is 73.4 cm³/mol. The van der Waals surface area contributed by atoms with Crippen molar-refractivity contribution >= 4 is 5.91 Å². The average molecular weight is 256 g/mol. The molecule has 0 saturated carbocycles. The Hall–Kier alpha value is -0.610. The Bertz CT molecular complexity index is 259. The molecule has 18 heavy (non-hydrogen) atoms. The van der Waals surface area contributed by atoms with E-state index in [0.717, 1.165) is 51.9 Å². The number of rotatable bonds is 6. The minimum atomic E-state index is -0.255. The smallest absolute Gasteiger partial charge is 0.225 e. The molecule has 0 aromatic carbocycles. The summed E-state index contributed by atoms with van der Waals surface area (Å²) in [6.45, 7) is 9.73. The van der Waals surface area contributed by atoms with Gasteiger partial charge in [0.25, 0.3) is 0 Å². The summed E-state index contributed by atoms with van der Waals surface area (Å²) in [5, 5.41) is 12.4. The molecule has 0 aromatic rings. The number of hydrogen-bond donors (Lipinski definition) is 2. The molecule has 0 spiro atoms. The molecule has 0 unspecified atom stereocenters. The van der Waals surface area contributed by atoms with Crippen molar-refractivity contribution in [2.75, 3.05) is 26.2 Å². The largest absolute Gasteiger partial charge is 0.393 e. The van der Waals surface area contributed by atoms with Gasteiger partial charge in [0.05, 0.1) is 6.10 Å². The third-order valence-corrected chi connectivity index (χ3v) is 3.99. The number of carbonyl (C=O) groups is 1. The molecule has 1 aliphatic heterocycles. The Kier molecular flexibility index (Phi) is 6.09. The molecule has 0 aliphatic carbocycles. The summed E-state index contributed by atoms with van der Waals surface area (Å²) >= 11 is 0. The van der Waals surface area contributed by atoms with Crippen LogP contribution in [0, 0.1) is 5.41 Å². The number of nitrogens with zero attached hydrogens (tertiary/aromatic N) is 1. The fraction of sp³-hybridized carbons (Fsp3) is 0.929. The van der Waals surface area contributed by atoms with Crippen molar-refractivity contribution in [3.63, 3.8) is 0 Å². The molecular formula is C14H28N2O2. The minimum absolute atomic E-state index is 0.105. The van der Waals surface area contributed by atoms with Gasteiger partial charge < -0.3 is 15.3 Å². The van der Waals surface area contributed by atoms with Crippen LogP contribution in [0.1, 0.15) is 46.5 Å². The van der Waals surface area contributed by atoms with Crippen molar-refractivity contribution in [2.45, 2.75) is 52.6 Å². The summed E-state index contributed by atoms with van der Waals surface area (Å²) < 4.78 is 0. The zero-order chi connectivity index (χ0) is 13.6. The van der Waals surface area contributed by atoms with E-state index in [2.05, 4.69) is 10.2 Å². The van der Waals surface area contributed by atoms with Gasteiger partial charge in [0.1, 0.15) is 0 Å². The first-order valence-electron chi connectivity index (χ1n) is 7.14. The molecule has 0 radical (unpaired) electrons. The third kappa shape index (κ3) is 4.94. The van der Waals surface area contributed by atoms with Crippen LogP contribution in [0.4, 0.5) is 0 Å². The van der Waals surface area contributed by atoms with Gasteiger partial charge in [0.2, 0.25) is 5.91 Å². The van der Waals surface area contributed by atoms with E-state index in [1.165, 1.54) is 0 Å². The van der Waals surface area contributed by atoms with E-state index in [4.69, 9.17) is 0 Å². The van der Waals surface area contributed by atoms with Gasteiger partial charge in [0.15, 0.2) is 0 Å². The minimum Gasteiger partial charge on any atom is -0.393 e. The predicted octanol–water partition coefficient (Wildman–Crippen LogP) is 1.39. The molecule has 1 aliphatic rings. The summed E-state index contributed by atoms with van der Waals surface area (Å²) in [5.74, 6) is 0.152. The number of carbonyl (C=O) groups excluding carboxylic acids is 1. The molecule has 0 atom stereocenters. The fourth-order valence-corrected chi connectivity index (χ4v) is 2.05. The average Bonchev–Trinajstić information content (AvgIpc) is 2.36. The first kappa shape index (κ1) is 15.4. The van der Waals surface area contributed by atoms with Gasteiger partial charge in [-0.05, 0) is 32.2 Å². The summed E-state index contributed by atoms with van der Waals surface area (Å²) in [6, 6.07) is 0. The molecule has 1 rings (SSSR count). The lowest BCUT2D eigenvalue weighted by molar-refractivity contribution is -0.129. The Morgan fingerprint density at radius 2 is 2.00 bits per heavy atom. The van der Waals surface area contributed by atoms with E-state index in [9.17, 15) is 9.90 Å². The maximum Gasteiger partial charge on any atom is 0.225 e. The van der Waals surface area contributed by atoms with Gasteiger partial charge in [-0.1, -0.05) is 20.8 Å². The molecule has 1 amide bonds. The van der Waals surface area contributed by atoms with E-state index in [1.807, 2.05) is 20.8 Å². The second kappa shape index (κ2) is 7.10. The van der Waals surface area contributed by atoms with E-state index in [1.54, 1.807) is 0 Å². The van der Waals surface area contributed by atoms with Gasteiger partial charge in [-0.3, -0.25) is 4.79 Å². The highest BCUT2D eigenvalue weighted by Gasteiger charge is 2.24. The topological polar surface area (TPSA) is 52.6 Å². The van der Waals surface area contributed by atoms with Crippen LogP contribution in [0.15, 0.2) is 0 Å². The SMILES string of the molecule is CCC(C)(C)C(=O)NCCCN1CCC(O)CC1. The first-order valence-corrected chi connectivity index (χ1v) is 7.14. The van der Waals surface area contributed by atoms with Gasteiger partial charge in [-0.2, -0.15) is 0 Å². The molecule has 4 nitrogen and oxygen atoms in total. The Labute approximate surface area is 111 Å². The number of aliphatic hydroxyl groups excluding tert-OH is 1. The van der Waals surface area contributed by atoms with Gasteiger partial charge in [0, 0.05) is 25.0 Å². The van der Waals surface area contributed by atoms with Crippen molar-refractivity contribution < 1.29 is 9.90 Å². The summed E-state index contributed by atoms with van der Waals surface area (Å²) in [7, 11) is 0. The van der Waals surface area contributed by atoms with Gasteiger partial charge in [-0.15, -0.1) is 0 Å². The number of aliphatic hydroxyl groups is 1. The quantitative estimate of drug-likeness (QED) is 0.706. The van der Waals surface area contributed by atoms with Crippen molar-refractivity contribution in [1.82, 2.24) is 10.2 Å². The third-order valence-electron chi connectivity index (χ3n) is 3.99. The Balaban J connectivity index is 2.10. The molecule has 1 fully saturated rings. The van der Waals surface area contributed by atoms with E-state index in [-0.39, 0.29) is 17.4 Å². The maximum atomic E-state index is 11.8. The van der Waals surface area contributed by atoms with Crippen molar-refractivity contribution in [3.05, 3.63) is 0 Å². The lowest BCUT2D eigenvalue weighted by Gasteiger charge is -2.29. The second-order valence-electron chi connectivity index (χ2n) is 5.92. The molecule has 106 valence electrons. The van der Waals surface area contributed by atoms with Crippen LogP contribution in [0.3, 0.4) is 0 Å². The molecule has 0 bridgehead atoms. The lowest BCUT2D eigenvalue weighted by Crippen LogP contribution is -2.40. The van der Waals surface area contributed by atoms with Gasteiger partial charge >= 0.3 is 0 Å². The monoisotopic (exact) mass is 256 g/mol. The highest BCUT2D eigenvalue weighted by Crippen LogP contribution is 2.19. The summed E-state index contributed by atoms with van der Waals surface area (Å²) in [5.41, 5.74) is -0.255. The Morgan fingerprint density at radius 1 is 1.39 bits per heavy atom. The molecule has 0 aromatic heterocycles. The number of amides is 1. The van der Waals surface area contributed by atoms with Crippen molar-refractivity contribution in [1.29, 1.82) is 0 Å². The molecule has 1 saturated heterocycles. The maximum absolute atomic E-state index is 11.8. The van der Waals surface area contributed by atoms with Crippen LogP contribution in [0.25, 0.3) is 0 Å². The molecule has 4 heteroatoms. The molecule has 2 N–H and O–H groups in total. The number of likely N-dealkylation sites (tertiary alicyclic amines) is 1. The highest BCUT2D eigenvalue weighted by molar-refractivity contribution is 5.81. The van der Waals surface area contributed by atoms with Crippen LogP contribution >= 0.6 is 0 Å². The van der Waals surface area contributed by atoms with Crippen LogP contribution in [-0.2, 0) is 4.79 Å². The van der Waals surface area contributed by atoms with Crippen LogP contribution in [0.5, 0.6) is 0 Å². The fourth-order valence-electron chi connectivity index (χ4n) is 2.05. The van der Waals surface area contributed by atoms with E-state index in [0.29, 0.717) is 0 Å². The molecular weight excluding hydrogens is 228 g/mol. The second-order valence-corrected chi connectivity index (χ2v) is 5.92. The number of hydrogen-bond acceptors (Lipinski definition) is 3. The first-order chi connectivity index (χ1) is 8.45. The zero-order valence-corrected chi connectivity index (χ0v) is 12.0. The van der Waals surface area contributed by atoms with Crippen molar-refractivity contribution in [2.24, 2.45) is 5.41 Å². The molecule has 1 heterocycles. The zero-order valence-electron chi connectivity index (χ0n) is 12.0. The van der Waals surface area contributed by atoms with E-state index < -0.39 is 0 Å². The standard InChI is InChI=1S/C14H28N2O2/c1-4-14(2,3)13(18)15-8-5-9-16-10-6-12(17)7-11-16/h12,17H,4-11H2,1-3H3,(H,15,18). The van der Waals surface area contributed by atoms with Gasteiger partial charge in [-0.25, -0.2) is 0 Å².